The van der Waals surface area contributed by atoms with E-state index in [1.54, 1.807) is 0 Å². The van der Waals surface area contributed by atoms with Crippen molar-refractivity contribution in [2.24, 2.45) is 0 Å². The van der Waals surface area contributed by atoms with Crippen LogP contribution in [0, 0.1) is 13.8 Å². The fourth-order valence-corrected chi connectivity index (χ4v) is 3.30. The molecule has 0 fully saturated rings. The minimum atomic E-state index is -4.60. The minimum absolute atomic E-state index is 0.264. The maximum absolute atomic E-state index is 12.8. The van der Waals surface area contributed by atoms with Crippen molar-refractivity contribution in [3.05, 3.63) is 81.2 Å². The molecule has 10 heteroatoms. The van der Waals surface area contributed by atoms with Crippen LogP contribution in [0.3, 0.4) is 0 Å². The van der Waals surface area contributed by atoms with Crippen LogP contribution in [0.4, 0.5) is 13.2 Å². The smallest absolute Gasteiger partial charge is 0.416 e. The third-order valence-corrected chi connectivity index (χ3v) is 4.66. The number of rotatable bonds is 5. The standard InChI is InChI=1S/C20H15F3N2O4S/c1-11-6-12(2)25-19(24-11)30-10-15-8-16(26)17(9-28-15)29-18(27)13-4-3-5-14(7-13)20(21,22)23/h3-9H,10H2,1-2H3. The Morgan fingerprint density at radius 3 is 2.47 bits per heavy atom. The number of aryl methyl sites for hydroxylation is 2. The van der Waals surface area contributed by atoms with Crippen molar-refractivity contribution in [1.29, 1.82) is 0 Å². The quantitative estimate of drug-likeness (QED) is 0.329. The number of esters is 1. The van der Waals surface area contributed by atoms with Gasteiger partial charge in [-0.15, -0.1) is 0 Å². The summed E-state index contributed by atoms with van der Waals surface area (Å²) in [5, 5.41) is 0.523. The Bertz CT molecular complexity index is 1130. The molecule has 0 radical (unpaired) electrons. The van der Waals surface area contributed by atoms with E-state index in [9.17, 15) is 22.8 Å². The molecular weight excluding hydrogens is 421 g/mol. The first-order valence-electron chi connectivity index (χ1n) is 8.58. The van der Waals surface area contributed by atoms with Crippen molar-refractivity contribution >= 4 is 17.7 Å². The monoisotopic (exact) mass is 436 g/mol. The highest BCUT2D eigenvalue weighted by atomic mass is 32.2. The lowest BCUT2D eigenvalue weighted by atomic mass is 10.1. The van der Waals surface area contributed by atoms with Gasteiger partial charge in [0.15, 0.2) is 5.16 Å². The number of benzene rings is 1. The zero-order chi connectivity index (χ0) is 21.9. The van der Waals surface area contributed by atoms with Crippen LogP contribution < -0.4 is 10.2 Å². The maximum atomic E-state index is 12.8. The summed E-state index contributed by atoms with van der Waals surface area (Å²) in [6.07, 6.45) is -3.65. The number of alkyl halides is 3. The van der Waals surface area contributed by atoms with Crippen LogP contribution in [-0.2, 0) is 11.9 Å². The molecule has 2 heterocycles. The lowest BCUT2D eigenvalue weighted by Crippen LogP contribution is -2.15. The van der Waals surface area contributed by atoms with E-state index >= 15 is 0 Å². The van der Waals surface area contributed by atoms with Crippen LogP contribution >= 0.6 is 11.8 Å². The van der Waals surface area contributed by atoms with Crippen LogP contribution in [0.15, 0.2) is 57.0 Å². The molecule has 0 saturated heterocycles. The van der Waals surface area contributed by atoms with E-state index in [4.69, 9.17) is 9.15 Å². The summed E-state index contributed by atoms with van der Waals surface area (Å²) < 4.78 is 48.5. The summed E-state index contributed by atoms with van der Waals surface area (Å²) in [6.45, 7) is 3.68. The van der Waals surface area contributed by atoms with Crippen molar-refractivity contribution in [2.75, 3.05) is 0 Å². The molecule has 0 bridgehead atoms. The average Bonchev–Trinajstić information content (AvgIpc) is 2.67. The van der Waals surface area contributed by atoms with Crippen molar-refractivity contribution in [3.8, 4) is 5.75 Å². The van der Waals surface area contributed by atoms with Gasteiger partial charge in [-0.05, 0) is 38.1 Å². The second-order valence-corrected chi connectivity index (χ2v) is 7.21. The molecule has 0 aliphatic heterocycles. The van der Waals surface area contributed by atoms with Crippen molar-refractivity contribution in [2.45, 2.75) is 30.9 Å². The van der Waals surface area contributed by atoms with Gasteiger partial charge >= 0.3 is 12.1 Å². The summed E-state index contributed by atoms with van der Waals surface area (Å²) in [7, 11) is 0. The fraction of sp³-hybridized carbons (Fsp3) is 0.200. The summed E-state index contributed by atoms with van der Waals surface area (Å²) in [4.78, 5) is 32.8. The normalized spacial score (nSPS) is 11.4. The number of ether oxygens (including phenoxy) is 1. The lowest BCUT2D eigenvalue weighted by molar-refractivity contribution is -0.137. The van der Waals surface area contributed by atoms with Gasteiger partial charge in [-0.1, -0.05) is 17.8 Å². The molecule has 0 atom stereocenters. The number of hydrogen-bond donors (Lipinski definition) is 0. The second-order valence-electron chi connectivity index (χ2n) is 6.26. The predicted octanol–water partition coefficient (Wildman–Crippen LogP) is 4.58. The SMILES string of the molecule is Cc1cc(C)nc(SCc2cc(=O)c(OC(=O)c3cccc(C(F)(F)F)c3)co2)n1. The highest BCUT2D eigenvalue weighted by Crippen LogP contribution is 2.29. The number of thioether (sulfide) groups is 1. The molecule has 1 aromatic carbocycles. The van der Waals surface area contributed by atoms with Gasteiger partial charge < -0.3 is 9.15 Å². The van der Waals surface area contributed by atoms with Crippen LogP contribution in [0.1, 0.15) is 33.1 Å². The first-order valence-corrected chi connectivity index (χ1v) is 9.56. The van der Waals surface area contributed by atoms with Gasteiger partial charge in [-0.3, -0.25) is 4.79 Å². The third-order valence-electron chi connectivity index (χ3n) is 3.79. The van der Waals surface area contributed by atoms with E-state index in [2.05, 4.69) is 9.97 Å². The molecule has 3 aromatic rings. The van der Waals surface area contributed by atoms with Crippen LogP contribution in [-0.4, -0.2) is 15.9 Å². The average molecular weight is 436 g/mol. The molecule has 0 aliphatic carbocycles. The first kappa shape index (κ1) is 21.6. The first-order chi connectivity index (χ1) is 14.1. The predicted molar refractivity (Wildman–Crippen MR) is 102 cm³/mol. The number of hydrogen-bond acceptors (Lipinski definition) is 7. The molecule has 0 N–H and O–H groups in total. The molecular formula is C20H15F3N2O4S. The molecule has 2 aromatic heterocycles. The largest absolute Gasteiger partial charge is 0.464 e. The summed E-state index contributed by atoms with van der Waals surface area (Å²) in [5.41, 5.74) is -0.356. The Hall–Kier alpha value is -3.14. The van der Waals surface area contributed by atoms with Gasteiger partial charge in [-0.25, -0.2) is 14.8 Å². The molecule has 6 nitrogen and oxygen atoms in total. The summed E-state index contributed by atoms with van der Waals surface area (Å²) in [6, 6.07) is 6.70. The summed E-state index contributed by atoms with van der Waals surface area (Å²) >= 11 is 1.26. The van der Waals surface area contributed by atoms with Crippen molar-refractivity contribution in [3.63, 3.8) is 0 Å². The van der Waals surface area contributed by atoms with Crippen molar-refractivity contribution in [1.82, 2.24) is 9.97 Å². The van der Waals surface area contributed by atoms with Crippen LogP contribution in [0.2, 0.25) is 0 Å². The van der Waals surface area contributed by atoms with Gasteiger partial charge in [0.25, 0.3) is 0 Å². The van der Waals surface area contributed by atoms with E-state index in [1.807, 2.05) is 19.9 Å². The second kappa shape index (κ2) is 8.70. The Balaban J connectivity index is 1.69. The molecule has 0 spiro atoms. The lowest BCUT2D eigenvalue weighted by Gasteiger charge is -2.08. The Morgan fingerprint density at radius 1 is 1.13 bits per heavy atom. The molecule has 0 aliphatic rings. The number of aromatic nitrogens is 2. The molecule has 0 amide bonds. The van der Waals surface area contributed by atoms with Crippen LogP contribution in [0.25, 0.3) is 0 Å². The van der Waals surface area contributed by atoms with Crippen molar-refractivity contribution < 1.29 is 27.1 Å². The molecule has 0 unspecified atom stereocenters. The van der Waals surface area contributed by atoms with E-state index in [0.29, 0.717) is 17.0 Å². The van der Waals surface area contributed by atoms with E-state index in [1.165, 1.54) is 11.8 Å². The number of carbonyl (C=O) groups excluding carboxylic acids is 1. The zero-order valence-electron chi connectivity index (χ0n) is 15.8. The minimum Gasteiger partial charge on any atom is -0.464 e. The zero-order valence-corrected chi connectivity index (χ0v) is 16.6. The Kier molecular flexibility index (Phi) is 6.25. The third kappa shape index (κ3) is 5.47. The molecule has 0 saturated carbocycles. The van der Waals surface area contributed by atoms with Gasteiger partial charge in [0, 0.05) is 17.5 Å². The Morgan fingerprint density at radius 2 is 1.83 bits per heavy atom. The van der Waals surface area contributed by atoms with Gasteiger partial charge in [0.2, 0.25) is 11.2 Å². The fourth-order valence-electron chi connectivity index (χ4n) is 2.46. The van der Waals surface area contributed by atoms with Gasteiger partial charge in [0.05, 0.1) is 16.9 Å². The van der Waals surface area contributed by atoms with E-state index in [-0.39, 0.29) is 11.3 Å². The topological polar surface area (TPSA) is 82.3 Å². The Labute approximate surface area is 173 Å². The number of nitrogens with zero attached hydrogens (tertiary/aromatic N) is 2. The molecule has 3 rings (SSSR count). The molecule has 30 heavy (non-hydrogen) atoms. The van der Waals surface area contributed by atoms with Gasteiger partial charge in [-0.2, -0.15) is 13.2 Å². The van der Waals surface area contributed by atoms with E-state index in [0.717, 1.165) is 41.9 Å². The van der Waals surface area contributed by atoms with E-state index < -0.39 is 28.9 Å². The summed E-state index contributed by atoms with van der Waals surface area (Å²) in [5.74, 6) is -0.959. The number of carbonyl (C=O) groups is 1. The highest BCUT2D eigenvalue weighted by Gasteiger charge is 2.31. The number of halogens is 3. The maximum Gasteiger partial charge on any atom is 0.416 e. The highest BCUT2D eigenvalue weighted by molar-refractivity contribution is 7.98. The van der Waals surface area contributed by atoms with Crippen LogP contribution in [0.5, 0.6) is 5.75 Å². The van der Waals surface area contributed by atoms with Gasteiger partial charge in [0.1, 0.15) is 12.0 Å². The molecule has 156 valence electrons.